The molecule has 0 fully saturated rings. The van der Waals surface area contributed by atoms with Crippen LogP contribution >= 0.6 is 15.9 Å². The Morgan fingerprint density at radius 2 is 2.17 bits per heavy atom. The van der Waals surface area contributed by atoms with E-state index < -0.39 is 11.7 Å². The summed E-state index contributed by atoms with van der Waals surface area (Å²) in [4.78, 5) is 15.8. The van der Waals surface area contributed by atoms with Gasteiger partial charge in [-0.05, 0) is 46.3 Å². The number of pyridine rings is 1. The Balaban J connectivity index is 2.24. The Labute approximate surface area is 111 Å². The number of nitrogen functional groups attached to an aromatic ring is 1. The number of hydrogen-bond acceptors (Lipinski definition) is 3. The van der Waals surface area contributed by atoms with Crippen molar-refractivity contribution in [1.29, 1.82) is 0 Å². The van der Waals surface area contributed by atoms with Gasteiger partial charge in [0.25, 0.3) is 5.91 Å². The molecular weight excluding hydrogens is 301 g/mol. The first-order valence-electron chi connectivity index (χ1n) is 5.05. The molecule has 1 aromatic heterocycles. The fourth-order valence-electron chi connectivity index (χ4n) is 1.38. The minimum atomic E-state index is -0.444. The van der Waals surface area contributed by atoms with Gasteiger partial charge in [-0.3, -0.25) is 4.79 Å². The first-order chi connectivity index (χ1) is 8.58. The van der Waals surface area contributed by atoms with Crippen molar-refractivity contribution in [2.75, 3.05) is 11.1 Å². The summed E-state index contributed by atoms with van der Waals surface area (Å²) in [6.45, 7) is 0. The summed E-state index contributed by atoms with van der Waals surface area (Å²) in [6.07, 6.45) is 1.48. The molecule has 3 N–H and O–H groups in total. The van der Waals surface area contributed by atoms with Gasteiger partial charge >= 0.3 is 0 Å². The number of nitrogens with two attached hydrogens (primary N) is 1. The van der Waals surface area contributed by atoms with Crippen molar-refractivity contribution in [2.45, 2.75) is 0 Å². The Kier molecular flexibility index (Phi) is 3.57. The van der Waals surface area contributed by atoms with Crippen molar-refractivity contribution in [3.63, 3.8) is 0 Å². The Bertz CT molecular complexity index is 604. The van der Waals surface area contributed by atoms with Gasteiger partial charge in [0.05, 0.1) is 11.4 Å². The molecule has 0 unspecified atom stereocenters. The molecule has 0 aliphatic rings. The number of carbonyl (C=O) groups excluding carboxylic acids is 1. The molecule has 2 aromatic rings. The largest absolute Gasteiger partial charge is 0.397 e. The van der Waals surface area contributed by atoms with Crippen molar-refractivity contribution in [1.82, 2.24) is 4.98 Å². The highest BCUT2D eigenvalue weighted by Gasteiger charge is 2.12. The third-order valence-electron chi connectivity index (χ3n) is 2.23. The summed E-state index contributed by atoms with van der Waals surface area (Å²) in [5.41, 5.74) is 6.51. The van der Waals surface area contributed by atoms with Crippen molar-refractivity contribution < 1.29 is 9.18 Å². The van der Waals surface area contributed by atoms with E-state index in [4.69, 9.17) is 5.73 Å². The molecule has 2 rings (SSSR count). The summed E-state index contributed by atoms with van der Waals surface area (Å²) >= 11 is 3.16. The topological polar surface area (TPSA) is 68.0 Å². The highest BCUT2D eigenvalue weighted by Crippen LogP contribution is 2.23. The monoisotopic (exact) mass is 309 g/mol. The molecule has 4 nitrogen and oxygen atoms in total. The standard InChI is InChI=1S/C12H9BrFN3O/c13-8-6-7(14)3-4-10(8)17-12(18)11-9(15)2-1-5-16-11/h1-6H,15H2,(H,17,18). The molecule has 0 bridgehead atoms. The highest BCUT2D eigenvalue weighted by atomic mass is 79.9. The van der Waals surface area contributed by atoms with Crippen molar-refractivity contribution in [3.05, 3.63) is 52.5 Å². The highest BCUT2D eigenvalue weighted by molar-refractivity contribution is 9.10. The molecule has 0 aliphatic heterocycles. The average Bonchev–Trinajstić information content (AvgIpc) is 2.33. The summed E-state index contributed by atoms with van der Waals surface area (Å²) in [5, 5.41) is 2.60. The van der Waals surface area contributed by atoms with Gasteiger partial charge in [-0.15, -0.1) is 0 Å². The van der Waals surface area contributed by atoms with Gasteiger partial charge in [0.1, 0.15) is 5.82 Å². The van der Waals surface area contributed by atoms with Crippen LogP contribution in [0.5, 0.6) is 0 Å². The van der Waals surface area contributed by atoms with E-state index in [1.54, 1.807) is 12.1 Å². The summed E-state index contributed by atoms with van der Waals surface area (Å²) in [6, 6.07) is 7.19. The molecule has 0 aliphatic carbocycles. The maximum atomic E-state index is 12.9. The fourth-order valence-corrected chi connectivity index (χ4v) is 1.83. The van der Waals surface area contributed by atoms with E-state index in [-0.39, 0.29) is 11.4 Å². The van der Waals surface area contributed by atoms with E-state index in [2.05, 4.69) is 26.2 Å². The van der Waals surface area contributed by atoms with Gasteiger partial charge in [0.15, 0.2) is 5.69 Å². The zero-order valence-corrected chi connectivity index (χ0v) is 10.7. The predicted octanol–water partition coefficient (Wildman–Crippen LogP) is 2.82. The lowest BCUT2D eigenvalue weighted by atomic mass is 10.2. The average molecular weight is 310 g/mol. The number of rotatable bonds is 2. The van der Waals surface area contributed by atoms with Crippen LogP contribution in [0.1, 0.15) is 10.5 Å². The second kappa shape index (κ2) is 5.14. The second-order valence-electron chi connectivity index (χ2n) is 3.52. The predicted molar refractivity (Wildman–Crippen MR) is 70.7 cm³/mol. The normalized spacial score (nSPS) is 10.1. The molecule has 0 saturated carbocycles. The minimum absolute atomic E-state index is 0.133. The number of nitrogens with one attached hydrogen (secondary N) is 1. The summed E-state index contributed by atoms with van der Waals surface area (Å²) < 4.78 is 13.3. The number of hydrogen-bond donors (Lipinski definition) is 2. The lowest BCUT2D eigenvalue weighted by Crippen LogP contribution is -2.16. The fraction of sp³-hybridized carbons (Fsp3) is 0. The van der Waals surface area contributed by atoms with Crippen molar-refractivity contribution >= 4 is 33.2 Å². The zero-order valence-electron chi connectivity index (χ0n) is 9.15. The number of amides is 1. The van der Waals surface area contributed by atoms with E-state index >= 15 is 0 Å². The smallest absolute Gasteiger partial charge is 0.276 e. The maximum absolute atomic E-state index is 12.9. The molecule has 1 aromatic carbocycles. The van der Waals surface area contributed by atoms with Crippen LogP contribution in [0.15, 0.2) is 41.0 Å². The van der Waals surface area contributed by atoms with Crippen molar-refractivity contribution in [2.24, 2.45) is 0 Å². The van der Waals surface area contributed by atoms with Crippen LogP contribution < -0.4 is 11.1 Å². The van der Waals surface area contributed by atoms with E-state index in [1.165, 1.54) is 24.4 Å². The molecule has 18 heavy (non-hydrogen) atoms. The molecule has 1 amide bonds. The van der Waals surface area contributed by atoms with Gasteiger partial charge in [0, 0.05) is 10.7 Å². The van der Waals surface area contributed by atoms with Crippen LogP contribution in [0.4, 0.5) is 15.8 Å². The number of benzene rings is 1. The number of aromatic nitrogens is 1. The lowest BCUT2D eigenvalue weighted by Gasteiger charge is -2.08. The van der Waals surface area contributed by atoms with Crippen LogP contribution in [0, 0.1) is 5.82 Å². The summed E-state index contributed by atoms with van der Waals surface area (Å²) in [7, 11) is 0. The van der Waals surface area contributed by atoms with E-state index in [0.717, 1.165) is 0 Å². The third-order valence-corrected chi connectivity index (χ3v) is 2.89. The quantitative estimate of drug-likeness (QED) is 0.896. The van der Waals surface area contributed by atoms with Crippen LogP contribution in [-0.2, 0) is 0 Å². The molecular formula is C12H9BrFN3O. The molecule has 6 heteroatoms. The van der Waals surface area contributed by atoms with Crippen LogP contribution in [0.3, 0.4) is 0 Å². The SMILES string of the molecule is Nc1cccnc1C(=O)Nc1ccc(F)cc1Br. The zero-order chi connectivity index (χ0) is 13.1. The molecule has 92 valence electrons. The van der Waals surface area contributed by atoms with Gasteiger partial charge in [-0.2, -0.15) is 0 Å². The first kappa shape index (κ1) is 12.5. The minimum Gasteiger partial charge on any atom is -0.397 e. The van der Waals surface area contributed by atoms with Gasteiger partial charge in [0.2, 0.25) is 0 Å². The lowest BCUT2D eigenvalue weighted by molar-refractivity contribution is 0.102. The Hall–Kier alpha value is -1.95. The molecule has 1 heterocycles. The summed E-state index contributed by atoms with van der Waals surface area (Å²) in [5.74, 6) is -0.836. The van der Waals surface area contributed by atoms with Crippen LogP contribution in [-0.4, -0.2) is 10.9 Å². The van der Waals surface area contributed by atoms with Gasteiger partial charge in [-0.25, -0.2) is 9.37 Å². The molecule has 0 radical (unpaired) electrons. The Morgan fingerprint density at radius 1 is 1.39 bits per heavy atom. The van der Waals surface area contributed by atoms with E-state index in [9.17, 15) is 9.18 Å². The number of halogens is 2. The number of anilines is 2. The number of nitrogens with zero attached hydrogens (tertiary/aromatic N) is 1. The first-order valence-corrected chi connectivity index (χ1v) is 5.84. The maximum Gasteiger partial charge on any atom is 0.276 e. The van der Waals surface area contributed by atoms with Gasteiger partial charge in [-0.1, -0.05) is 0 Å². The third kappa shape index (κ3) is 2.65. The Morgan fingerprint density at radius 3 is 2.83 bits per heavy atom. The van der Waals surface area contributed by atoms with Crippen LogP contribution in [0.25, 0.3) is 0 Å². The molecule has 0 saturated heterocycles. The van der Waals surface area contributed by atoms with E-state index in [0.29, 0.717) is 10.2 Å². The molecule has 0 atom stereocenters. The van der Waals surface area contributed by atoms with Gasteiger partial charge < -0.3 is 11.1 Å². The van der Waals surface area contributed by atoms with Crippen LogP contribution in [0.2, 0.25) is 0 Å². The number of carbonyl (C=O) groups is 1. The molecule has 0 spiro atoms. The van der Waals surface area contributed by atoms with E-state index in [1.807, 2.05) is 0 Å². The van der Waals surface area contributed by atoms with Crippen molar-refractivity contribution in [3.8, 4) is 0 Å². The second-order valence-corrected chi connectivity index (χ2v) is 4.37.